The molecule has 0 saturated heterocycles. The summed E-state index contributed by atoms with van der Waals surface area (Å²) in [5, 5.41) is 8.79. The highest BCUT2D eigenvalue weighted by molar-refractivity contribution is 7.89. The largest absolute Gasteiger partial charge is 0.478 e. The molecule has 1 aromatic rings. The van der Waals surface area contributed by atoms with E-state index in [0.29, 0.717) is 0 Å². The average Bonchev–Trinajstić information content (AvgIpc) is 2.36. The number of carboxylic acid groups (broad SMARTS) is 1. The predicted octanol–water partition coefficient (Wildman–Crippen LogP) is 2.05. The van der Waals surface area contributed by atoms with Gasteiger partial charge in [-0.3, -0.25) is 0 Å². The van der Waals surface area contributed by atoms with Gasteiger partial charge in [0.2, 0.25) is 10.0 Å². The van der Waals surface area contributed by atoms with Gasteiger partial charge in [-0.2, -0.15) is 4.31 Å². The smallest absolute Gasteiger partial charge is 0.335 e. The first kappa shape index (κ1) is 15.7. The third kappa shape index (κ3) is 3.33. The molecule has 0 heterocycles. The lowest BCUT2D eigenvalue weighted by atomic mass is 10.1. The van der Waals surface area contributed by atoms with E-state index in [1.807, 2.05) is 20.8 Å². The molecule has 0 aliphatic heterocycles. The van der Waals surface area contributed by atoms with Gasteiger partial charge < -0.3 is 5.11 Å². The van der Waals surface area contributed by atoms with E-state index in [1.165, 1.54) is 35.6 Å². The van der Waals surface area contributed by atoms with Crippen LogP contribution in [-0.2, 0) is 10.0 Å². The Labute approximate surface area is 113 Å². The van der Waals surface area contributed by atoms with Crippen LogP contribution < -0.4 is 0 Å². The first-order chi connectivity index (χ1) is 8.67. The van der Waals surface area contributed by atoms with E-state index in [9.17, 15) is 13.2 Å². The highest BCUT2D eigenvalue weighted by Gasteiger charge is 2.26. The second-order valence-corrected chi connectivity index (χ2v) is 6.83. The van der Waals surface area contributed by atoms with Gasteiger partial charge in [0.15, 0.2) is 0 Å². The molecule has 0 aromatic heterocycles. The van der Waals surface area contributed by atoms with Crippen molar-refractivity contribution in [2.75, 3.05) is 7.05 Å². The molecular formula is C13H19NO4S. The molecule has 5 nitrogen and oxygen atoms in total. The molecule has 19 heavy (non-hydrogen) atoms. The van der Waals surface area contributed by atoms with Gasteiger partial charge in [0.05, 0.1) is 10.5 Å². The molecule has 0 spiro atoms. The summed E-state index contributed by atoms with van der Waals surface area (Å²) < 4.78 is 26.0. The lowest BCUT2D eigenvalue weighted by Gasteiger charge is -2.27. The second kappa shape index (κ2) is 5.71. The van der Waals surface area contributed by atoms with Crippen LogP contribution in [0.3, 0.4) is 0 Å². The minimum Gasteiger partial charge on any atom is -0.478 e. The molecule has 0 aliphatic rings. The number of sulfonamides is 1. The molecule has 0 aliphatic carbocycles. The maximum absolute atomic E-state index is 12.3. The van der Waals surface area contributed by atoms with Crippen molar-refractivity contribution in [3.63, 3.8) is 0 Å². The summed E-state index contributed by atoms with van der Waals surface area (Å²) in [5.41, 5.74) is 0.0681. The molecule has 0 amide bonds. The predicted molar refractivity (Wildman–Crippen MR) is 72.7 cm³/mol. The maximum Gasteiger partial charge on any atom is 0.335 e. The van der Waals surface area contributed by atoms with Crippen molar-refractivity contribution in [2.24, 2.45) is 5.92 Å². The Morgan fingerprint density at radius 1 is 1.16 bits per heavy atom. The summed E-state index contributed by atoms with van der Waals surface area (Å²) in [6, 6.07) is 5.10. The fourth-order valence-electron chi connectivity index (χ4n) is 1.57. The molecule has 0 bridgehead atoms. The standard InChI is InChI=1S/C13H19NO4S/c1-9(2)10(3)14(4)19(17,18)12-7-5-11(6-8-12)13(15)16/h5-10H,1-4H3,(H,15,16). The normalized spacial score (nSPS) is 13.8. The third-order valence-electron chi connectivity index (χ3n) is 3.32. The molecule has 1 unspecified atom stereocenters. The van der Waals surface area contributed by atoms with Crippen LogP contribution >= 0.6 is 0 Å². The number of carbonyl (C=O) groups is 1. The molecule has 1 atom stereocenters. The van der Waals surface area contributed by atoms with Crippen molar-refractivity contribution in [3.05, 3.63) is 29.8 Å². The quantitative estimate of drug-likeness (QED) is 0.898. The monoisotopic (exact) mass is 285 g/mol. The van der Waals surface area contributed by atoms with Gasteiger partial charge in [0.25, 0.3) is 0 Å². The Morgan fingerprint density at radius 2 is 1.63 bits per heavy atom. The van der Waals surface area contributed by atoms with Crippen LogP contribution in [0.2, 0.25) is 0 Å². The minimum absolute atomic E-state index is 0.0681. The number of aromatic carboxylic acids is 1. The van der Waals surface area contributed by atoms with E-state index in [4.69, 9.17) is 5.11 Å². The van der Waals surface area contributed by atoms with E-state index in [0.717, 1.165) is 0 Å². The number of hydrogen-bond donors (Lipinski definition) is 1. The lowest BCUT2D eigenvalue weighted by Crippen LogP contribution is -2.38. The first-order valence-electron chi connectivity index (χ1n) is 5.99. The average molecular weight is 285 g/mol. The number of benzene rings is 1. The van der Waals surface area contributed by atoms with Crippen LogP contribution in [0, 0.1) is 5.92 Å². The van der Waals surface area contributed by atoms with Crippen LogP contribution in [0.4, 0.5) is 0 Å². The summed E-state index contributed by atoms with van der Waals surface area (Å²) in [5.74, 6) is -0.883. The van der Waals surface area contributed by atoms with Crippen LogP contribution in [0.1, 0.15) is 31.1 Å². The summed E-state index contributed by atoms with van der Waals surface area (Å²) in [7, 11) is -2.05. The topological polar surface area (TPSA) is 74.7 Å². The molecule has 0 fully saturated rings. The second-order valence-electron chi connectivity index (χ2n) is 4.84. The number of nitrogens with zero attached hydrogens (tertiary/aromatic N) is 1. The zero-order valence-electron chi connectivity index (χ0n) is 11.5. The molecule has 1 rings (SSSR count). The Bertz CT molecular complexity index is 549. The molecule has 6 heteroatoms. The van der Waals surface area contributed by atoms with Gasteiger partial charge in [-0.15, -0.1) is 0 Å². The van der Waals surface area contributed by atoms with Crippen LogP contribution in [-0.4, -0.2) is 36.9 Å². The summed E-state index contributed by atoms with van der Waals surface area (Å²) in [6.07, 6.45) is 0. The van der Waals surface area contributed by atoms with Gasteiger partial charge in [-0.1, -0.05) is 13.8 Å². The Morgan fingerprint density at radius 3 is 2.00 bits per heavy atom. The van der Waals surface area contributed by atoms with Gasteiger partial charge in [0, 0.05) is 13.1 Å². The Kier molecular flexibility index (Phi) is 4.70. The fourth-order valence-corrected chi connectivity index (χ4v) is 3.07. The summed E-state index contributed by atoms with van der Waals surface area (Å²) >= 11 is 0. The van der Waals surface area contributed by atoms with E-state index >= 15 is 0 Å². The molecule has 1 N–H and O–H groups in total. The number of rotatable bonds is 5. The van der Waals surface area contributed by atoms with E-state index < -0.39 is 16.0 Å². The lowest BCUT2D eigenvalue weighted by molar-refractivity contribution is 0.0696. The van der Waals surface area contributed by atoms with E-state index in [-0.39, 0.29) is 22.4 Å². The van der Waals surface area contributed by atoms with Crippen molar-refractivity contribution in [1.82, 2.24) is 4.31 Å². The molecular weight excluding hydrogens is 266 g/mol. The van der Waals surface area contributed by atoms with Crippen LogP contribution in [0.5, 0.6) is 0 Å². The van der Waals surface area contributed by atoms with E-state index in [1.54, 1.807) is 0 Å². The van der Waals surface area contributed by atoms with Crippen molar-refractivity contribution >= 4 is 16.0 Å². The van der Waals surface area contributed by atoms with Crippen molar-refractivity contribution in [3.8, 4) is 0 Å². The van der Waals surface area contributed by atoms with Crippen LogP contribution in [0.25, 0.3) is 0 Å². The molecule has 1 aromatic carbocycles. The highest BCUT2D eigenvalue weighted by atomic mass is 32.2. The van der Waals surface area contributed by atoms with Crippen molar-refractivity contribution in [2.45, 2.75) is 31.7 Å². The van der Waals surface area contributed by atoms with Crippen molar-refractivity contribution in [1.29, 1.82) is 0 Å². The van der Waals surface area contributed by atoms with Gasteiger partial charge in [0.1, 0.15) is 0 Å². The molecule has 0 saturated carbocycles. The molecule has 106 valence electrons. The third-order valence-corrected chi connectivity index (χ3v) is 5.28. The minimum atomic E-state index is -3.59. The summed E-state index contributed by atoms with van der Waals surface area (Å²) in [6.45, 7) is 5.74. The first-order valence-corrected chi connectivity index (χ1v) is 7.43. The highest BCUT2D eigenvalue weighted by Crippen LogP contribution is 2.20. The van der Waals surface area contributed by atoms with Gasteiger partial charge >= 0.3 is 5.97 Å². The zero-order chi connectivity index (χ0) is 14.8. The Hall–Kier alpha value is -1.40. The van der Waals surface area contributed by atoms with Gasteiger partial charge in [-0.25, -0.2) is 13.2 Å². The number of carboxylic acids is 1. The number of hydrogen-bond acceptors (Lipinski definition) is 3. The fraction of sp³-hybridized carbons (Fsp3) is 0.462. The van der Waals surface area contributed by atoms with E-state index in [2.05, 4.69) is 0 Å². The maximum atomic E-state index is 12.3. The molecule has 0 radical (unpaired) electrons. The summed E-state index contributed by atoms with van der Waals surface area (Å²) in [4.78, 5) is 10.8. The van der Waals surface area contributed by atoms with Crippen LogP contribution in [0.15, 0.2) is 29.2 Å². The SMILES string of the molecule is CC(C)C(C)N(C)S(=O)(=O)c1ccc(C(=O)O)cc1. The Balaban J connectivity index is 3.10. The zero-order valence-corrected chi connectivity index (χ0v) is 12.3. The van der Waals surface area contributed by atoms with Crippen molar-refractivity contribution < 1.29 is 18.3 Å². The van der Waals surface area contributed by atoms with Gasteiger partial charge in [-0.05, 0) is 37.1 Å².